The fraction of sp³-hybridized carbons (Fsp3) is 0.667. The third-order valence-corrected chi connectivity index (χ3v) is 4.07. The number of unbranched alkanes of at least 4 members (excludes halogenated alkanes) is 2. The average Bonchev–Trinajstić information content (AvgIpc) is 2.51. The van der Waals surface area contributed by atoms with Crippen molar-refractivity contribution in [1.29, 1.82) is 0 Å². The topological polar surface area (TPSA) is 24.5 Å². The molecule has 3 heteroatoms. The first-order chi connectivity index (χ1) is 10.2. The number of hydrogen-bond acceptors (Lipinski definition) is 3. The molecule has 0 aliphatic rings. The molecule has 0 bridgehead atoms. The number of likely N-dealkylation sites (N-methyl/N-ethyl adjacent to an activating group) is 1. The smallest absolute Gasteiger partial charge is 0.122 e. The number of rotatable bonds is 11. The van der Waals surface area contributed by atoms with Crippen molar-refractivity contribution in [2.45, 2.75) is 45.6 Å². The van der Waals surface area contributed by atoms with Gasteiger partial charge < -0.3 is 15.0 Å². The van der Waals surface area contributed by atoms with Crippen LogP contribution in [0.25, 0.3) is 0 Å². The van der Waals surface area contributed by atoms with E-state index in [1.54, 1.807) is 7.11 Å². The van der Waals surface area contributed by atoms with Crippen molar-refractivity contribution in [3.8, 4) is 5.75 Å². The molecule has 0 heterocycles. The van der Waals surface area contributed by atoms with Crippen molar-refractivity contribution >= 4 is 0 Å². The molecule has 3 nitrogen and oxygen atoms in total. The number of methoxy groups -OCH3 is 1. The van der Waals surface area contributed by atoms with Crippen LogP contribution in [-0.4, -0.2) is 44.7 Å². The Kier molecular flexibility index (Phi) is 9.11. The van der Waals surface area contributed by atoms with E-state index in [0.29, 0.717) is 6.04 Å². The van der Waals surface area contributed by atoms with Gasteiger partial charge in [-0.1, -0.05) is 31.5 Å². The predicted octanol–water partition coefficient (Wildman–Crippen LogP) is 3.34. The number of nitrogens with one attached hydrogen (secondary N) is 1. The van der Waals surface area contributed by atoms with Gasteiger partial charge in [0.2, 0.25) is 0 Å². The van der Waals surface area contributed by atoms with Crippen molar-refractivity contribution in [3.63, 3.8) is 0 Å². The summed E-state index contributed by atoms with van der Waals surface area (Å²) in [6.45, 7) is 7.85. The third kappa shape index (κ3) is 6.96. The zero-order chi connectivity index (χ0) is 15.5. The average molecular weight is 292 g/mol. The molecule has 0 spiro atoms. The summed E-state index contributed by atoms with van der Waals surface area (Å²) >= 11 is 0. The molecular weight excluding hydrogens is 260 g/mol. The van der Waals surface area contributed by atoms with Gasteiger partial charge in [-0.2, -0.15) is 0 Å². The number of benzene rings is 1. The van der Waals surface area contributed by atoms with Crippen LogP contribution in [0.15, 0.2) is 24.3 Å². The quantitative estimate of drug-likeness (QED) is 0.633. The lowest BCUT2D eigenvalue weighted by atomic mass is 10.0. The summed E-state index contributed by atoms with van der Waals surface area (Å²) in [5.74, 6) is 1.00. The monoisotopic (exact) mass is 292 g/mol. The summed E-state index contributed by atoms with van der Waals surface area (Å²) in [5, 5.41) is 3.38. The molecular formula is C18H32N2O. The second-order valence-electron chi connectivity index (χ2n) is 5.76. The zero-order valence-electron chi connectivity index (χ0n) is 14.2. The Labute approximate surface area is 130 Å². The van der Waals surface area contributed by atoms with Gasteiger partial charge in [0, 0.05) is 6.04 Å². The molecule has 0 aliphatic carbocycles. The minimum atomic E-state index is 0.537. The maximum absolute atomic E-state index is 5.44. The minimum absolute atomic E-state index is 0.537. The van der Waals surface area contributed by atoms with E-state index in [9.17, 15) is 0 Å². The first kappa shape index (κ1) is 18.0. The van der Waals surface area contributed by atoms with Gasteiger partial charge in [-0.15, -0.1) is 0 Å². The molecule has 120 valence electrons. The third-order valence-electron chi connectivity index (χ3n) is 4.07. The molecule has 0 amide bonds. The molecule has 0 saturated heterocycles. The van der Waals surface area contributed by atoms with E-state index in [2.05, 4.69) is 43.2 Å². The van der Waals surface area contributed by atoms with Crippen LogP contribution in [0.4, 0.5) is 0 Å². The number of hydrogen-bond donors (Lipinski definition) is 1. The molecule has 0 aliphatic heterocycles. The van der Waals surface area contributed by atoms with Gasteiger partial charge in [0.05, 0.1) is 7.11 Å². The molecule has 1 rings (SSSR count). The van der Waals surface area contributed by atoms with Crippen LogP contribution in [0, 0.1) is 0 Å². The van der Waals surface area contributed by atoms with Gasteiger partial charge in [-0.3, -0.25) is 0 Å². The summed E-state index contributed by atoms with van der Waals surface area (Å²) in [7, 11) is 3.97. The Morgan fingerprint density at radius 1 is 1.19 bits per heavy atom. The van der Waals surface area contributed by atoms with Gasteiger partial charge in [0.1, 0.15) is 5.75 Å². The van der Waals surface area contributed by atoms with E-state index in [4.69, 9.17) is 4.74 Å². The van der Waals surface area contributed by atoms with E-state index < -0.39 is 0 Å². The fourth-order valence-corrected chi connectivity index (χ4v) is 2.53. The van der Waals surface area contributed by atoms with Crippen LogP contribution in [0.2, 0.25) is 0 Å². The summed E-state index contributed by atoms with van der Waals surface area (Å²) < 4.78 is 5.44. The van der Waals surface area contributed by atoms with E-state index >= 15 is 0 Å². The minimum Gasteiger partial charge on any atom is -0.496 e. The van der Waals surface area contributed by atoms with E-state index in [1.807, 2.05) is 12.1 Å². The van der Waals surface area contributed by atoms with Crippen LogP contribution in [0.5, 0.6) is 5.75 Å². The molecule has 0 fully saturated rings. The molecule has 21 heavy (non-hydrogen) atoms. The highest BCUT2D eigenvalue weighted by molar-refractivity contribution is 5.33. The van der Waals surface area contributed by atoms with Gasteiger partial charge in [-0.25, -0.2) is 0 Å². The van der Waals surface area contributed by atoms with Crippen molar-refractivity contribution in [1.82, 2.24) is 10.2 Å². The lowest BCUT2D eigenvalue weighted by Crippen LogP contribution is -2.32. The SMILES string of the molecule is CCNCCCCCN(C)C(C)Cc1ccccc1OC. The molecule has 0 saturated carbocycles. The van der Waals surface area contributed by atoms with Gasteiger partial charge >= 0.3 is 0 Å². The van der Waals surface area contributed by atoms with Crippen LogP contribution in [-0.2, 0) is 6.42 Å². The molecule has 1 N–H and O–H groups in total. The second kappa shape index (κ2) is 10.6. The molecule has 1 aromatic rings. The summed E-state index contributed by atoms with van der Waals surface area (Å²) in [5.41, 5.74) is 1.30. The standard InChI is InChI=1S/C18H32N2O/c1-5-19-13-9-6-10-14-20(3)16(2)15-17-11-7-8-12-18(17)21-4/h7-8,11-12,16,19H,5-6,9-10,13-15H2,1-4H3. The van der Waals surface area contributed by atoms with Crippen LogP contribution < -0.4 is 10.1 Å². The summed E-state index contributed by atoms with van der Waals surface area (Å²) in [4.78, 5) is 2.46. The van der Waals surface area contributed by atoms with Crippen molar-refractivity contribution in [2.75, 3.05) is 33.8 Å². The largest absolute Gasteiger partial charge is 0.496 e. The van der Waals surface area contributed by atoms with Crippen molar-refractivity contribution in [2.24, 2.45) is 0 Å². The zero-order valence-corrected chi connectivity index (χ0v) is 14.2. The van der Waals surface area contributed by atoms with Gasteiger partial charge in [0.15, 0.2) is 0 Å². The Morgan fingerprint density at radius 3 is 2.67 bits per heavy atom. The maximum Gasteiger partial charge on any atom is 0.122 e. The van der Waals surface area contributed by atoms with Crippen LogP contribution >= 0.6 is 0 Å². The normalized spacial score (nSPS) is 12.6. The molecule has 0 radical (unpaired) electrons. The first-order valence-corrected chi connectivity index (χ1v) is 8.21. The molecule has 1 aromatic carbocycles. The lowest BCUT2D eigenvalue weighted by molar-refractivity contribution is 0.249. The Bertz CT molecular complexity index is 381. The summed E-state index contributed by atoms with van der Waals surface area (Å²) in [6, 6.07) is 8.87. The van der Waals surface area contributed by atoms with Gasteiger partial charge in [0.25, 0.3) is 0 Å². The summed E-state index contributed by atoms with van der Waals surface area (Å²) in [6.07, 6.45) is 4.90. The van der Waals surface area contributed by atoms with Crippen molar-refractivity contribution in [3.05, 3.63) is 29.8 Å². The fourth-order valence-electron chi connectivity index (χ4n) is 2.53. The Morgan fingerprint density at radius 2 is 1.95 bits per heavy atom. The number of para-hydroxylation sites is 1. The molecule has 1 unspecified atom stereocenters. The number of nitrogens with zero attached hydrogens (tertiary/aromatic N) is 1. The van der Waals surface area contributed by atoms with E-state index in [-0.39, 0.29) is 0 Å². The second-order valence-corrected chi connectivity index (χ2v) is 5.76. The van der Waals surface area contributed by atoms with Crippen molar-refractivity contribution < 1.29 is 4.74 Å². The lowest BCUT2D eigenvalue weighted by Gasteiger charge is -2.25. The first-order valence-electron chi connectivity index (χ1n) is 8.21. The Hall–Kier alpha value is -1.06. The predicted molar refractivity (Wildman–Crippen MR) is 91.2 cm³/mol. The highest BCUT2D eigenvalue weighted by Gasteiger charge is 2.12. The van der Waals surface area contributed by atoms with Crippen LogP contribution in [0.1, 0.15) is 38.7 Å². The molecule has 0 aromatic heterocycles. The maximum atomic E-state index is 5.44. The highest BCUT2D eigenvalue weighted by atomic mass is 16.5. The Balaban J connectivity index is 2.29. The molecule has 1 atom stereocenters. The van der Waals surface area contributed by atoms with E-state index in [0.717, 1.165) is 25.3 Å². The van der Waals surface area contributed by atoms with Crippen LogP contribution in [0.3, 0.4) is 0 Å². The van der Waals surface area contributed by atoms with Gasteiger partial charge in [-0.05, 0) is 64.5 Å². The van der Waals surface area contributed by atoms with E-state index in [1.165, 1.54) is 31.4 Å². The number of ether oxygens (including phenoxy) is 1. The highest BCUT2D eigenvalue weighted by Crippen LogP contribution is 2.20.